The maximum atomic E-state index is 13.3. The minimum atomic E-state index is -0.575. The molecule has 2 atom stereocenters. The third-order valence-corrected chi connectivity index (χ3v) is 4.60. The molecule has 0 aromatic heterocycles. The molecule has 0 bridgehead atoms. The predicted octanol–water partition coefficient (Wildman–Crippen LogP) is 4.62. The molecule has 0 N–H and O–H groups in total. The molecule has 0 radical (unpaired) electrons. The van der Waals surface area contributed by atoms with Crippen LogP contribution in [-0.2, 0) is 9.53 Å². The lowest BCUT2D eigenvalue weighted by atomic mass is 9.71. The summed E-state index contributed by atoms with van der Waals surface area (Å²) in [6, 6.07) is 8.19. The number of carbonyl (C=O) groups excluding carboxylic acids is 1. The van der Waals surface area contributed by atoms with E-state index >= 15 is 0 Å². The van der Waals surface area contributed by atoms with Crippen LogP contribution in [-0.4, -0.2) is 18.3 Å². The van der Waals surface area contributed by atoms with Crippen LogP contribution in [0.5, 0.6) is 0 Å². The molecule has 1 aromatic rings. The number of hydrogen-bond acceptors (Lipinski definition) is 4. The quantitative estimate of drug-likeness (QED) is 0.723. The topological polar surface area (TPSA) is 62.4 Å². The monoisotopic (exact) mass is 356 g/mol. The maximum absolute atomic E-state index is 13.3. The van der Waals surface area contributed by atoms with E-state index in [-0.39, 0.29) is 36.1 Å². The van der Waals surface area contributed by atoms with E-state index in [0.29, 0.717) is 22.5 Å². The summed E-state index contributed by atoms with van der Waals surface area (Å²) in [6.07, 6.45) is 0. The van der Waals surface area contributed by atoms with Crippen molar-refractivity contribution >= 4 is 17.4 Å². The normalized spacial score (nSPS) is 20.2. The third kappa shape index (κ3) is 3.85. The van der Waals surface area contributed by atoms with E-state index in [1.807, 2.05) is 27.7 Å². The SMILES string of the molecule is CCOC(=O)C1C(C(C)C)=NC(c2ccc(F)cc2)=C(C#N)C1C(C)C. The highest BCUT2D eigenvalue weighted by Gasteiger charge is 2.43. The molecular formula is C21H25FN2O2. The van der Waals surface area contributed by atoms with E-state index in [0.717, 1.165) is 0 Å². The van der Waals surface area contributed by atoms with Gasteiger partial charge in [-0.15, -0.1) is 0 Å². The molecule has 5 heteroatoms. The number of aliphatic imine (C=N–C) groups is 1. The Balaban J connectivity index is 2.70. The van der Waals surface area contributed by atoms with Crippen molar-refractivity contribution in [2.24, 2.45) is 28.7 Å². The van der Waals surface area contributed by atoms with Gasteiger partial charge in [0.15, 0.2) is 0 Å². The Morgan fingerprint density at radius 2 is 1.88 bits per heavy atom. The first-order chi connectivity index (χ1) is 12.3. The second-order valence-corrected chi connectivity index (χ2v) is 7.07. The van der Waals surface area contributed by atoms with Gasteiger partial charge in [-0.25, -0.2) is 4.39 Å². The van der Waals surface area contributed by atoms with Crippen molar-refractivity contribution < 1.29 is 13.9 Å². The van der Waals surface area contributed by atoms with Gasteiger partial charge in [0.25, 0.3) is 0 Å². The Morgan fingerprint density at radius 1 is 1.27 bits per heavy atom. The number of carbonyl (C=O) groups is 1. The largest absolute Gasteiger partial charge is 0.465 e. The Kier molecular flexibility index (Phi) is 6.31. The molecule has 138 valence electrons. The highest BCUT2D eigenvalue weighted by molar-refractivity contribution is 6.08. The van der Waals surface area contributed by atoms with E-state index < -0.39 is 5.92 Å². The van der Waals surface area contributed by atoms with Crippen molar-refractivity contribution in [2.45, 2.75) is 34.6 Å². The second-order valence-electron chi connectivity index (χ2n) is 7.07. The third-order valence-electron chi connectivity index (χ3n) is 4.60. The molecule has 1 aromatic carbocycles. The van der Waals surface area contributed by atoms with Gasteiger partial charge in [-0.3, -0.25) is 9.79 Å². The molecule has 1 heterocycles. The van der Waals surface area contributed by atoms with Gasteiger partial charge in [-0.1, -0.05) is 27.7 Å². The van der Waals surface area contributed by atoms with Crippen LogP contribution >= 0.6 is 0 Å². The molecule has 4 nitrogen and oxygen atoms in total. The first-order valence-electron chi connectivity index (χ1n) is 8.97. The number of rotatable bonds is 5. The van der Waals surface area contributed by atoms with Crippen LogP contribution in [0.2, 0.25) is 0 Å². The second kappa shape index (κ2) is 8.27. The summed E-state index contributed by atoms with van der Waals surface area (Å²) < 4.78 is 18.6. The molecule has 0 amide bonds. The van der Waals surface area contributed by atoms with Crippen LogP contribution in [0.15, 0.2) is 34.8 Å². The van der Waals surface area contributed by atoms with Crippen molar-refractivity contribution in [2.75, 3.05) is 6.61 Å². The van der Waals surface area contributed by atoms with Crippen LogP contribution in [0.4, 0.5) is 4.39 Å². The Bertz CT molecular complexity index is 770. The molecule has 1 aliphatic rings. The summed E-state index contributed by atoms with van der Waals surface area (Å²) in [4.78, 5) is 17.4. The zero-order chi connectivity index (χ0) is 19.4. The van der Waals surface area contributed by atoms with Crippen molar-refractivity contribution in [3.63, 3.8) is 0 Å². The highest BCUT2D eigenvalue weighted by atomic mass is 19.1. The standard InChI is InChI=1S/C21H25FN2O2/c1-6-26-21(25)18-17(12(2)3)16(11-23)20(24-19(18)13(4)5)14-7-9-15(22)10-8-14/h7-10,12-13,17-18H,6H2,1-5H3. The Morgan fingerprint density at radius 3 is 2.35 bits per heavy atom. The van der Waals surface area contributed by atoms with Gasteiger partial charge in [-0.05, 0) is 43.0 Å². The van der Waals surface area contributed by atoms with Crippen molar-refractivity contribution in [1.82, 2.24) is 0 Å². The van der Waals surface area contributed by atoms with Crippen molar-refractivity contribution in [1.29, 1.82) is 5.26 Å². The molecule has 2 rings (SSSR count). The van der Waals surface area contributed by atoms with Crippen molar-refractivity contribution in [3.8, 4) is 6.07 Å². The summed E-state index contributed by atoms with van der Waals surface area (Å²) in [5.74, 6) is -1.53. The molecule has 0 aliphatic carbocycles. The van der Waals surface area contributed by atoms with Crippen LogP contribution < -0.4 is 0 Å². The fourth-order valence-corrected chi connectivity index (χ4v) is 3.43. The number of nitrogens with zero attached hydrogens (tertiary/aromatic N) is 2. The number of nitriles is 1. The fraction of sp³-hybridized carbons (Fsp3) is 0.476. The van der Waals surface area contributed by atoms with Crippen LogP contribution in [0.25, 0.3) is 5.70 Å². The molecule has 26 heavy (non-hydrogen) atoms. The minimum Gasteiger partial charge on any atom is -0.465 e. The highest BCUT2D eigenvalue weighted by Crippen LogP contribution is 2.41. The zero-order valence-electron chi connectivity index (χ0n) is 15.9. The smallest absolute Gasteiger partial charge is 0.315 e. The number of halogens is 1. The molecule has 2 unspecified atom stereocenters. The van der Waals surface area contributed by atoms with Gasteiger partial charge in [0.1, 0.15) is 11.7 Å². The van der Waals surface area contributed by atoms with E-state index in [1.54, 1.807) is 19.1 Å². The first kappa shape index (κ1) is 19.8. The number of esters is 1. The van der Waals surface area contributed by atoms with Gasteiger partial charge in [-0.2, -0.15) is 5.26 Å². The number of allylic oxidation sites excluding steroid dienone is 1. The lowest BCUT2D eigenvalue weighted by molar-refractivity contribution is -0.147. The summed E-state index contributed by atoms with van der Waals surface area (Å²) in [5.41, 5.74) is 2.36. The minimum absolute atomic E-state index is 0.0151. The summed E-state index contributed by atoms with van der Waals surface area (Å²) in [7, 11) is 0. The Hall–Kier alpha value is -2.48. The summed E-state index contributed by atoms with van der Waals surface area (Å²) in [5, 5.41) is 9.85. The average Bonchev–Trinajstić information content (AvgIpc) is 2.60. The van der Waals surface area contributed by atoms with Crippen LogP contribution in [0, 0.1) is 40.8 Å². The average molecular weight is 356 g/mol. The van der Waals surface area contributed by atoms with Gasteiger partial charge in [0.05, 0.1) is 23.9 Å². The van der Waals surface area contributed by atoms with Gasteiger partial charge in [0.2, 0.25) is 0 Å². The molecule has 1 aliphatic heterocycles. The van der Waals surface area contributed by atoms with Gasteiger partial charge >= 0.3 is 5.97 Å². The van der Waals surface area contributed by atoms with Gasteiger partial charge in [0, 0.05) is 17.2 Å². The van der Waals surface area contributed by atoms with Gasteiger partial charge < -0.3 is 4.74 Å². The van der Waals surface area contributed by atoms with Crippen LogP contribution in [0.3, 0.4) is 0 Å². The first-order valence-corrected chi connectivity index (χ1v) is 8.97. The van der Waals surface area contributed by atoms with Crippen LogP contribution in [0.1, 0.15) is 40.2 Å². The van der Waals surface area contributed by atoms with E-state index in [9.17, 15) is 14.4 Å². The van der Waals surface area contributed by atoms with E-state index in [2.05, 4.69) is 6.07 Å². The maximum Gasteiger partial charge on any atom is 0.315 e. The molecule has 0 saturated carbocycles. The lowest BCUT2D eigenvalue weighted by Crippen LogP contribution is -2.41. The zero-order valence-corrected chi connectivity index (χ0v) is 15.9. The number of hydrogen-bond donors (Lipinski definition) is 0. The fourth-order valence-electron chi connectivity index (χ4n) is 3.43. The summed E-state index contributed by atoms with van der Waals surface area (Å²) in [6.45, 7) is 9.97. The number of benzene rings is 1. The molecule has 0 fully saturated rings. The lowest BCUT2D eigenvalue weighted by Gasteiger charge is -2.35. The Labute approximate surface area is 154 Å². The van der Waals surface area contributed by atoms with Crippen molar-refractivity contribution in [3.05, 3.63) is 41.2 Å². The molecule has 0 saturated heterocycles. The van der Waals surface area contributed by atoms with E-state index in [1.165, 1.54) is 12.1 Å². The number of ether oxygens (including phenoxy) is 1. The van der Waals surface area contributed by atoms with E-state index in [4.69, 9.17) is 9.73 Å². The molecular weight excluding hydrogens is 331 g/mol. The molecule has 0 spiro atoms. The summed E-state index contributed by atoms with van der Waals surface area (Å²) >= 11 is 0. The predicted molar refractivity (Wildman–Crippen MR) is 99.7 cm³/mol.